The standard InChI is InChI=1S/C15H30O4.C14H28O6.C12H24O3.2C9H18O3.C8H16O3/c1-5-14(6-2,9-16)11-19-13-15(7-3,10-17)12-18-8-4;1-3-5-19-11-14(8-17,9-18)12-20-10-13(4-2,6-15)7-16;1-3-5-6-7-8-15-11-12(4-2,9-13)10-14;2*1-3-5-12-8-9(4-2,6-10)7-11;1-3-8(5-9,6-10)7-11-4-2/h8,16-17H,4-7,9-13H2,1-3H3;3,15-18H,1,4-12H2,2H3;3,13-14H,1,4-11H2,2H3;2*3,10-11H,1,4-8H2,2H3;4,9-10H,2-3,5-7H2,1H3. The lowest BCUT2D eigenvalue weighted by molar-refractivity contribution is -0.100. The average molecular weight is 1290 g/mol. The highest BCUT2D eigenvalue weighted by molar-refractivity contribution is 4.84. The summed E-state index contributed by atoms with van der Waals surface area (Å²) in [6.07, 6.45) is 18.5. The lowest BCUT2D eigenvalue weighted by atomic mass is 9.84. The lowest BCUT2D eigenvalue weighted by Crippen LogP contribution is -2.42. The van der Waals surface area contributed by atoms with E-state index in [0.29, 0.717) is 98.4 Å². The highest BCUT2D eigenvalue weighted by atomic mass is 16.5. The zero-order chi connectivity index (χ0) is 69.5. The van der Waals surface area contributed by atoms with Crippen LogP contribution in [0.5, 0.6) is 0 Å². The van der Waals surface area contributed by atoms with E-state index in [1.54, 1.807) is 18.2 Å². The van der Waals surface area contributed by atoms with E-state index in [0.717, 1.165) is 44.9 Å². The average Bonchev–Trinajstić information content (AvgIpc) is 3.31. The molecule has 22 heteroatoms. The molecule has 0 aliphatic carbocycles. The third-order valence-corrected chi connectivity index (χ3v) is 16.6. The maximum absolute atomic E-state index is 9.56. The van der Waals surface area contributed by atoms with Gasteiger partial charge in [-0.2, -0.15) is 0 Å². The van der Waals surface area contributed by atoms with Gasteiger partial charge in [0.2, 0.25) is 0 Å². The minimum absolute atomic E-state index is 0.0156. The van der Waals surface area contributed by atoms with E-state index < -0.39 is 37.9 Å². The summed E-state index contributed by atoms with van der Waals surface area (Å²) in [7, 11) is 0. The molecular formula is C67H134O22. The first-order valence-electron chi connectivity index (χ1n) is 31.5. The van der Waals surface area contributed by atoms with Crippen molar-refractivity contribution in [3.63, 3.8) is 0 Å². The first-order valence-corrected chi connectivity index (χ1v) is 31.5. The van der Waals surface area contributed by atoms with E-state index in [2.05, 4.69) is 53.3 Å². The topological polar surface area (TPSA) is 357 Å². The summed E-state index contributed by atoms with van der Waals surface area (Å²) in [4.78, 5) is 0. The predicted octanol–water partition coefficient (Wildman–Crippen LogP) is 5.32. The summed E-state index contributed by atoms with van der Waals surface area (Å²) in [5.41, 5.74) is -4.09. The molecule has 0 rings (SSSR count). The quantitative estimate of drug-likeness (QED) is 0.0208. The zero-order valence-corrected chi connectivity index (χ0v) is 56.8. The minimum Gasteiger partial charge on any atom is -0.501 e. The van der Waals surface area contributed by atoms with Gasteiger partial charge in [0.15, 0.2) is 0 Å². The fraction of sp³-hybridized carbons (Fsp3) is 0.821. The van der Waals surface area contributed by atoms with Gasteiger partial charge in [0.05, 0.1) is 207 Å². The summed E-state index contributed by atoms with van der Waals surface area (Å²) in [5.74, 6) is 0. The molecule has 0 aliphatic heterocycles. The van der Waals surface area contributed by atoms with E-state index in [9.17, 15) is 30.6 Å². The Morgan fingerprint density at radius 2 is 0.472 bits per heavy atom. The van der Waals surface area contributed by atoms with Crippen LogP contribution in [0.25, 0.3) is 0 Å². The van der Waals surface area contributed by atoms with Crippen molar-refractivity contribution in [3.05, 3.63) is 76.3 Å². The lowest BCUT2D eigenvalue weighted by Gasteiger charge is -2.33. The molecule has 0 saturated carbocycles. The number of rotatable bonds is 55. The molecule has 0 bridgehead atoms. The van der Waals surface area contributed by atoms with Gasteiger partial charge in [0.1, 0.15) is 0 Å². The second kappa shape index (κ2) is 62.7. The van der Waals surface area contributed by atoms with Crippen molar-refractivity contribution in [2.24, 2.45) is 43.3 Å². The van der Waals surface area contributed by atoms with Crippen LogP contribution >= 0.6 is 0 Å². The minimum atomic E-state index is -0.895. The summed E-state index contributed by atoms with van der Waals surface area (Å²) in [5, 5.41) is 129. The van der Waals surface area contributed by atoms with Gasteiger partial charge in [0.25, 0.3) is 0 Å². The van der Waals surface area contributed by atoms with Crippen LogP contribution in [0.3, 0.4) is 0 Å². The van der Waals surface area contributed by atoms with Crippen LogP contribution in [0, 0.1) is 43.3 Å². The van der Waals surface area contributed by atoms with Crippen LogP contribution in [0.2, 0.25) is 0 Å². The Hall–Kier alpha value is -2.76. The molecule has 0 aromatic rings. The number of hydrogen-bond acceptors (Lipinski definition) is 22. The largest absolute Gasteiger partial charge is 0.501 e. The molecule has 22 nitrogen and oxygen atoms in total. The maximum Gasteiger partial charge on any atom is 0.0973 e. The monoisotopic (exact) mass is 1290 g/mol. The summed E-state index contributed by atoms with van der Waals surface area (Å²) in [6.45, 7) is 40.8. The number of aliphatic hydroxyl groups is 14. The van der Waals surface area contributed by atoms with Gasteiger partial charge < -0.3 is 109 Å². The smallest absolute Gasteiger partial charge is 0.0973 e. The van der Waals surface area contributed by atoms with E-state index >= 15 is 0 Å². The zero-order valence-electron chi connectivity index (χ0n) is 56.8. The van der Waals surface area contributed by atoms with E-state index in [1.165, 1.54) is 12.5 Å². The number of unbranched alkanes of at least 4 members (excludes halogenated alkanes) is 2. The van der Waals surface area contributed by atoms with Gasteiger partial charge in [-0.05, 0) is 70.6 Å². The first kappa shape index (κ1) is 97.3. The Morgan fingerprint density at radius 1 is 0.247 bits per heavy atom. The number of aliphatic hydroxyl groups excluding tert-OH is 14. The number of hydrogen-bond donors (Lipinski definition) is 14. The highest BCUT2D eigenvalue weighted by Gasteiger charge is 2.35. The molecule has 0 amide bonds. The Kier molecular flexibility index (Phi) is 68.5. The molecule has 0 fully saturated rings. The second-order valence-corrected chi connectivity index (χ2v) is 23.2. The molecule has 0 heterocycles. The van der Waals surface area contributed by atoms with Gasteiger partial charge in [-0.15, -0.1) is 26.3 Å². The number of allylic oxidation sites excluding steroid dienone is 1. The normalized spacial score (nSPS) is 12.5. The highest BCUT2D eigenvalue weighted by Crippen LogP contribution is 2.30. The van der Waals surface area contributed by atoms with Crippen LogP contribution in [0.4, 0.5) is 0 Å². The molecule has 1 unspecified atom stereocenters. The van der Waals surface area contributed by atoms with Crippen molar-refractivity contribution in [1.82, 2.24) is 0 Å². The fourth-order valence-electron chi connectivity index (χ4n) is 7.08. The van der Waals surface area contributed by atoms with E-state index in [-0.39, 0.29) is 118 Å². The van der Waals surface area contributed by atoms with Crippen molar-refractivity contribution < 1.29 is 109 Å². The summed E-state index contributed by atoms with van der Waals surface area (Å²) in [6, 6.07) is 0. The van der Waals surface area contributed by atoms with Crippen molar-refractivity contribution >= 4 is 0 Å². The molecule has 534 valence electrons. The van der Waals surface area contributed by atoms with Crippen molar-refractivity contribution in [2.75, 3.05) is 185 Å². The Labute approximate surface area is 538 Å². The van der Waals surface area contributed by atoms with Gasteiger partial charge in [0, 0.05) is 33.7 Å². The molecule has 0 spiro atoms. The van der Waals surface area contributed by atoms with Crippen molar-refractivity contribution in [1.29, 1.82) is 0 Å². The van der Waals surface area contributed by atoms with Crippen LogP contribution in [0.15, 0.2) is 76.3 Å². The van der Waals surface area contributed by atoms with Crippen molar-refractivity contribution in [2.45, 2.75) is 126 Å². The Balaban J connectivity index is -0.000000236. The Morgan fingerprint density at radius 3 is 0.730 bits per heavy atom. The molecular weight excluding hydrogens is 1160 g/mol. The summed E-state index contributed by atoms with van der Waals surface area (Å²) < 4.78 is 42.5. The van der Waals surface area contributed by atoms with Gasteiger partial charge >= 0.3 is 0 Å². The maximum atomic E-state index is 9.56. The molecule has 14 N–H and O–H groups in total. The second-order valence-electron chi connectivity index (χ2n) is 23.2. The first-order chi connectivity index (χ1) is 42.6. The molecule has 0 aliphatic rings. The summed E-state index contributed by atoms with van der Waals surface area (Å²) >= 11 is 0. The number of ether oxygens (including phenoxy) is 8. The van der Waals surface area contributed by atoms with Gasteiger partial charge in [-0.1, -0.05) is 92.9 Å². The van der Waals surface area contributed by atoms with Crippen LogP contribution in [-0.4, -0.2) is 256 Å². The van der Waals surface area contributed by atoms with Gasteiger partial charge in [-0.25, -0.2) is 0 Å². The molecule has 0 radical (unpaired) electrons. The third-order valence-electron chi connectivity index (χ3n) is 16.6. The SMILES string of the molecule is C=CCCCCOCC(CC)(CO)CO.C=CCOCC(CC)(CO)CO.C=CCOCC(CC)(CO)CO.C=CCOCC(CO)(CO)COCC(CC)(CO)CO.C=COCC(CC)(CO)CO.C=COCC(CC)(CO)COCC(CC)(CC)CO. The van der Waals surface area contributed by atoms with E-state index in [4.69, 9.17) is 78.7 Å². The van der Waals surface area contributed by atoms with E-state index in [1.807, 2.05) is 47.6 Å². The molecule has 0 saturated heterocycles. The Bertz CT molecular complexity index is 1470. The molecule has 89 heavy (non-hydrogen) atoms. The predicted molar refractivity (Wildman–Crippen MR) is 353 cm³/mol. The van der Waals surface area contributed by atoms with Gasteiger partial charge in [-0.3, -0.25) is 0 Å². The van der Waals surface area contributed by atoms with Crippen molar-refractivity contribution in [3.8, 4) is 0 Å². The molecule has 1 atom stereocenters. The van der Waals surface area contributed by atoms with Crippen LogP contribution in [-0.2, 0) is 37.9 Å². The molecule has 0 aromatic carbocycles. The molecule has 0 aromatic heterocycles. The third kappa shape index (κ3) is 43.7. The van der Waals surface area contributed by atoms with Crippen LogP contribution in [0.1, 0.15) is 126 Å². The van der Waals surface area contributed by atoms with Crippen LogP contribution < -0.4 is 0 Å². The fourth-order valence-corrected chi connectivity index (χ4v) is 7.08.